The lowest BCUT2D eigenvalue weighted by atomic mass is 9.87. The van der Waals surface area contributed by atoms with Gasteiger partial charge >= 0.3 is 35.5 Å². The van der Waals surface area contributed by atoms with Gasteiger partial charge in [0.2, 0.25) is 0 Å². The molecule has 0 heterocycles. The third-order valence-corrected chi connectivity index (χ3v) is 5.28. The maximum Gasteiger partial charge on any atom is 0.384 e. The van der Waals surface area contributed by atoms with E-state index in [0.717, 1.165) is 24.3 Å². The first kappa shape index (κ1) is 28.4. The van der Waals surface area contributed by atoms with E-state index < -0.39 is 59.5 Å². The zero-order chi connectivity index (χ0) is 26.4. The number of hydrogen-bond acceptors (Lipinski definition) is 0. The number of alkyl halides is 12. The standard InChI is InChI=1S/C20H12Cl2F12/c21-13-5-1-11(2-6-13)9-15(23,24)17(27,28)19(31,32)20(33,34)18(29,30)16(25,26)10-12-3-7-14(22)8-4-12/h1-8H,9-10H2. The molecule has 0 spiro atoms. The number of rotatable bonds is 9. The monoisotopic (exact) mass is 550 g/mol. The molecule has 190 valence electrons. The highest BCUT2D eigenvalue weighted by Crippen LogP contribution is 2.60. The van der Waals surface area contributed by atoms with Crippen molar-refractivity contribution < 1.29 is 52.7 Å². The first-order valence-electron chi connectivity index (χ1n) is 8.95. The summed E-state index contributed by atoms with van der Waals surface area (Å²) in [6.07, 6.45) is -4.62. The van der Waals surface area contributed by atoms with Crippen molar-refractivity contribution in [1.29, 1.82) is 0 Å². The van der Waals surface area contributed by atoms with E-state index in [2.05, 4.69) is 0 Å². The van der Waals surface area contributed by atoms with Gasteiger partial charge in [0.1, 0.15) is 0 Å². The minimum Gasteiger partial charge on any atom is -0.199 e. The SMILES string of the molecule is FC(F)(Cc1ccc(Cl)cc1)C(F)(F)C(F)(F)C(F)(F)C(F)(F)C(F)(F)Cc1ccc(Cl)cc1. The van der Waals surface area contributed by atoms with Crippen molar-refractivity contribution in [1.82, 2.24) is 0 Å². The van der Waals surface area contributed by atoms with Crippen LogP contribution in [0, 0.1) is 0 Å². The molecule has 2 aromatic rings. The topological polar surface area (TPSA) is 0 Å². The predicted octanol–water partition coefficient (Wildman–Crippen LogP) is 8.59. The fourth-order valence-corrected chi connectivity index (χ4v) is 3.04. The molecule has 0 saturated carbocycles. The average Bonchev–Trinajstić information content (AvgIpc) is 2.70. The molecule has 0 unspecified atom stereocenters. The molecule has 2 rings (SSSR count). The van der Waals surface area contributed by atoms with Gasteiger partial charge in [-0.05, 0) is 35.4 Å². The molecule has 0 bridgehead atoms. The maximum atomic E-state index is 14.0. The van der Waals surface area contributed by atoms with E-state index >= 15 is 0 Å². The molecule has 0 fully saturated rings. The second kappa shape index (κ2) is 9.00. The molecule has 34 heavy (non-hydrogen) atoms. The summed E-state index contributed by atoms with van der Waals surface area (Å²) in [5.41, 5.74) is -1.60. The van der Waals surface area contributed by atoms with Crippen LogP contribution in [0.2, 0.25) is 10.0 Å². The Bertz CT molecular complexity index is 904. The lowest BCUT2D eigenvalue weighted by molar-refractivity contribution is -0.424. The Hall–Kier alpha value is -1.82. The van der Waals surface area contributed by atoms with Gasteiger partial charge < -0.3 is 0 Å². The van der Waals surface area contributed by atoms with Crippen LogP contribution in [0.1, 0.15) is 11.1 Å². The van der Waals surface area contributed by atoms with Gasteiger partial charge in [0.15, 0.2) is 0 Å². The number of halogens is 14. The Morgan fingerprint density at radius 1 is 0.412 bits per heavy atom. The lowest BCUT2D eigenvalue weighted by Crippen LogP contribution is -2.71. The number of benzene rings is 2. The molecule has 0 aliphatic rings. The van der Waals surface area contributed by atoms with Crippen molar-refractivity contribution in [3.8, 4) is 0 Å². The van der Waals surface area contributed by atoms with Gasteiger partial charge in [-0.2, -0.15) is 52.7 Å². The Morgan fingerprint density at radius 2 is 0.647 bits per heavy atom. The smallest absolute Gasteiger partial charge is 0.199 e. The molecule has 0 aliphatic carbocycles. The van der Waals surface area contributed by atoms with E-state index in [1.165, 1.54) is 0 Å². The molecule has 0 aromatic heterocycles. The summed E-state index contributed by atoms with van der Waals surface area (Å²) >= 11 is 10.9. The van der Waals surface area contributed by atoms with Crippen molar-refractivity contribution in [2.45, 2.75) is 48.4 Å². The van der Waals surface area contributed by atoms with E-state index in [9.17, 15) is 52.7 Å². The summed E-state index contributed by atoms with van der Waals surface area (Å²) in [6.45, 7) is 0. The van der Waals surface area contributed by atoms with Crippen LogP contribution in [0.5, 0.6) is 0 Å². The zero-order valence-electron chi connectivity index (χ0n) is 16.3. The van der Waals surface area contributed by atoms with Gasteiger partial charge in [0.25, 0.3) is 0 Å². The van der Waals surface area contributed by atoms with Gasteiger partial charge in [-0.1, -0.05) is 47.5 Å². The highest BCUT2D eigenvalue weighted by molar-refractivity contribution is 6.30. The summed E-state index contributed by atoms with van der Waals surface area (Å²) in [5, 5.41) is -0.170. The molecular formula is C20H12Cl2F12. The summed E-state index contributed by atoms with van der Waals surface area (Å²) in [6, 6.07) is 6.17. The number of hydrogen-bond donors (Lipinski definition) is 0. The third-order valence-electron chi connectivity index (χ3n) is 4.78. The van der Waals surface area contributed by atoms with Crippen molar-refractivity contribution in [3.05, 3.63) is 69.7 Å². The first-order chi connectivity index (χ1) is 15.2. The van der Waals surface area contributed by atoms with E-state index in [1.807, 2.05) is 0 Å². The Kier molecular flexibility index (Phi) is 7.52. The van der Waals surface area contributed by atoms with Crippen LogP contribution in [0.4, 0.5) is 52.7 Å². The fourth-order valence-electron chi connectivity index (χ4n) is 2.79. The van der Waals surface area contributed by atoms with Gasteiger partial charge in [-0.25, -0.2) is 0 Å². The molecule has 0 nitrogen and oxygen atoms in total. The summed E-state index contributed by atoms with van der Waals surface area (Å²) < 4.78 is 168. The van der Waals surface area contributed by atoms with Crippen molar-refractivity contribution in [2.75, 3.05) is 0 Å². The summed E-state index contributed by atoms with van der Waals surface area (Å²) in [7, 11) is 0. The van der Waals surface area contributed by atoms with Crippen LogP contribution in [0.15, 0.2) is 48.5 Å². The van der Waals surface area contributed by atoms with Crippen LogP contribution >= 0.6 is 23.2 Å². The second-order valence-corrected chi connectivity index (χ2v) is 8.19. The fraction of sp³-hybridized carbons (Fsp3) is 0.400. The largest absolute Gasteiger partial charge is 0.384 e. The van der Waals surface area contributed by atoms with Gasteiger partial charge in [0.05, 0.1) is 0 Å². The minimum absolute atomic E-state index is 0.0850. The molecule has 0 N–H and O–H groups in total. The Balaban J connectivity index is 2.43. The highest BCUT2D eigenvalue weighted by atomic mass is 35.5. The summed E-state index contributed by atoms with van der Waals surface area (Å²) in [5.74, 6) is -41.7. The molecule has 2 aromatic carbocycles. The molecule has 0 aliphatic heterocycles. The quantitative estimate of drug-likeness (QED) is 0.274. The zero-order valence-corrected chi connectivity index (χ0v) is 17.8. The first-order valence-corrected chi connectivity index (χ1v) is 9.71. The van der Waals surface area contributed by atoms with E-state index in [0.29, 0.717) is 24.3 Å². The molecular weight excluding hydrogens is 539 g/mol. The lowest BCUT2D eigenvalue weighted by Gasteiger charge is -2.41. The van der Waals surface area contributed by atoms with E-state index in [4.69, 9.17) is 23.2 Å². The minimum atomic E-state index is -7.61. The molecule has 0 atom stereocenters. The molecule has 0 amide bonds. The van der Waals surface area contributed by atoms with Gasteiger partial charge in [0, 0.05) is 22.9 Å². The highest BCUT2D eigenvalue weighted by Gasteiger charge is 2.89. The Morgan fingerprint density at radius 3 is 0.882 bits per heavy atom. The van der Waals surface area contributed by atoms with E-state index in [-0.39, 0.29) is 10.0 Å². The van der Waals surface area contributed by atoms with Crippen LogP contribution in [-0.2, 0) is 12.8 Å². The van der Waals surface area contributed by atoms with Crippen LogP contribution in [-0.4, -0.2) is 35.5 Å². The molecule has 0 saturated heterocycles. The summed E-state index contributed by atoms with van der Waals surface area (Å²) in [4.78, 5) is 0. The van der Waals surface area contributed by atoms with Crippen molar-refractivity contribution in [3.63, 3.8) is 0 Å². The molecule has 14 heteroatoms. The van der Waals surface area contributed by atoms with Crippen LogP contribution in [0.25, 0.3) is 0 Å². The predicted molar refractivity (Wildman–Crippen MR) is 100.0 cm³/mol. The maximum absolute atomic E-state index is 14.0. The average molecular weight is 551 g/mol. The normalized spacial score (nSPS) is 14.4. The van der Waals surface area contributed by atoms with Crippen molar-refractivity contribution in [2.24, 2.45) is 0 Å². The van der Waals surface area contributed by atoms with Gasteiger partial charge in [-0.15, -0.1) is 0 Å². The molecule has 0 radical (unpaired) electrons. The van der Waals surface area contributed by atoms with E-state index in [1.54, 1.807) is 0 Å². The van der Waals surface area contributed by atoms with Gasteiger partial charge in [-0.3, -0.25) is 0 Å². The van der Waals surface area contributed by atoms with Crippen LogP contribution in [0.3, 0.4) is 0 Å². The third kappa shape index (κ3) is 4.80. The Labute approximate surface area is 194 Å². The van der Waals surface area contributed by atoms with Crippen molar-refractivity contribution >= 4 is 23.2 Å². The second-order valence-electron chi connectivity index (χ2n) is 7.31. The van der Waals surface area contributed by atoms with Crippen LogP contribution < -0.4 is 0 Å².